The fourth-order valence-electron chi connectivity index (χ4n) is 3.12. The number of aromatic nitrogens is 1. The molecule has 7 heteroatoms. The number of rotatable bonds is 1. The van der Waals surface area contributed by atoms with Crippen LogP contribution in [0.1, 0.15) is 25.3 Å². The number of pyridine rings is 1. The second kappa shape index (κ2) is 4.89. The van der Waals surface area contributed by atoms with Gasteiger partial charge in [-0.1, -0.05) is 0 Å². The second-order valence-electron chi connectivity index (χ2n) is 5.56. The zero-order valence-electron chi connectivity index (χ0n) is 11.6. The van der Waals surface area contributed by atoms with Crippen LogP contribution >= 0.6 is 0 Å². The Morgan fingerprint density at radius 2 is 2.10 bits per heavy atom. The van der Waals surface area contributed by atoms with Gasteiger partial charge in [0.05, 0.1) is 5.56 Å². The molecular weight excluding hydrogens is 283 g/mol. The fourth-order valence-corrected chi connectivity index (χ4v) is 3.12. The molecule has 1 aromatic rings. The number of hydrogen-bond donors (Lipinski definition) is 0. The normalized spacial score (nSPS) is 26.2. The Hall–Kier alpha value is -1.79. The van der Waals surface area contributed by atoms with E-state index in [4.69, 9.17) is 0 Å². The van der Waals surface area contributed by atoms with E-state index in [1.807, 2.05) is 4.90 Å². The van der Waals surface area contributed by atoms with Gasteiger partial charge >= 0.3 is 6.18 Å². The van der Waals surface area contributed by atoms with Gasteiger partial charge in [0, 0.05) is 25.3 Å². The SMILES string of the molecule is C[C@@H]1C(=O)N2CCC[C@@H]2CN1c1cc(C(F)(F)F)ccn1. The summed E-state index contributed by atoms with van der Waals surface area (Å²) >= 11 is 0. The number of fused-ring (bicyclic) bond motifs is 1. The molecule has 1 amide bonds. The van der Waals surface area contributed by atoms with E-state index in [1.165, 1.54) is 0 Å². The molecule has 2 atom stereocenters. The summed E-state index contributed by atoms with van der Waals surface area (Å²) in [7, 11) is 0. The number of anilines is 1. The molecule has 3 rings (SSSR count). The monoisotopic (exact) mass is 299 g/mol. The minimum atomic E-state index is -4.40. The van der Waals surface area contributed by atoms with E-state index < -0.39 is 17.8 Å². The Balaban J connectivity index is 1.91. The van der Waals surface area contributed by atoms with Gasteiger partial charge in [-0.15, -0.1) is 0 Å². The number of carbonyl (C=O) groups is 1. The van der Waals surface area contributed by atoms with Crippen molar-refractivity contribution in [1.82, 2.24) is 9.88 Å². The molecule has 0 unspecified atom stereocenters. The van der Waals surface area contributed by atoms with Crippen molar-refractivity contribution in [3.05, 3.63) is 23.9 Å². The summed E-state index contributed by atoms with van der Waals surface area (Å²) in [6.07, 6.45) is -1.41. The number of carbonyl (C=O) groups excluding carboxylic acids is 1. The predicted molar refractivity (Wildman–Crippen MR) is 70.8 cm³/mol. The number of halogens is 3. The third-order valence-electron chi connectivity index (χ3n) is 4.26. The summed E-state index contributed by atoms with van der Waals surface area (Å²) in [5, 5.41) is 0. The molecule has 2 aliphatic rings. The van der Waals surface area contributed by atoms with Crippen molar-refractivity contribution >= 4 is 11.7 Å². The molecule has 2 fully saturated rings. The van der Waals surface area contributed by atoms with Gasteiger partial charge in [-0.3, -0.25) is 4.79 Å². The molecule has 1 aromatic heterocycles. The average Bonchev–Trinajstić information content (AvgIpc) is 2.90. The van der Waals surface area contributed by atoms with Crippen molar-refractivity contribution in [1.29, 1.82) is 0 Å². The van der Waals surface area contributed by atoms with Crippen molar-refractivity contribution < 1.29 is 18.0 Å². The van der Waals surface area contributed by atoms with Gasteiger partial charge in [-0.25, -0.2) is 4.98 Å². The summed E-state index contributed by atoms with van der Waals surface area (Å²) < 4.78 is 38.4. The first-order valence-electron chi connectivity index (χ1n) is 6.98. The molecule has 3 heterocycles. The Morgan fingerprint density at radius 3 is 2.81 bits per heavy atom. The first-order chi connectivity index (χ1) is 9.88. The molecule has 0 bridgehead atoms. The van der Waals surface area contributed by atoms with Crippen molar-refractivity contribution in [2.45, 2.75) is 38.0 Å². The lowest BCUT2D eigenvalue weighted by Crippen LogP contribution is -2.59. The largest absolute Gasteiger partial charge is 0.416 e. The van der Waals surface area contributed by atoms with Gasteiger partial charge in [-0.05, 0) is 31.9 Å². The average molecular weight is 299 g/mol. The van der Waals surface area contributed by atoms with E-state index in [2.05, 4.69) is 4.98 Å². The third-order valence-corrected chi connectivity index (χ3v) is 4.26. The van der Waals surface area contributed by atoms with Gasteiger partial charge in [0.15, 0.2) is 0 Å². The lowest BCUT2D eigenvalue weighted by Gasteiger charge is -2.42. The lowest BCUT2D eigenvalue weighted by molar-refractivity contribution is -0.137. The minimum absolute atomic E-state index is 0.0250. The number of alkyl halides is 3. The molecule has 4 nitrogen and oxygen atoms in total. The Labute approximate surface area is 120 Å². The van der Waals surface area contributed by atoms with E-state index in [9.17, 15) is 18.0 Å². The van der Waals surface area contributed by atoms with Gasteiger partial charge < -0.3 is 9.80 Å². The third kappa shape index (κ3) is 2.45. The van der Waals surface area contributed by atoms with Crippen molar-refractivity contribution in [3.8, 4) is 0 Å². The van der Waals surface area contributed by atoms with Crippen LogP contribution in [0.25, 0.3) is 0 Å². The highest BCUT2D eigenvalue weighted by Gasteiger charge is 2.41. The molecule has 0 radical (unpaired) electrons. The van der Waals surface area contributed by atoms with Gasteiger partial charge in [0.25, 0.3) is 0 Å². The van der Waals surface area contributed by atoms with Crippen LogP contribution in [-0.4, -0.2) is 41.0 Å². The molecule has 0 aromatic carbocycles. The number of hydrogen-bond acceptors (Lipinski definition) is 3. The topological polar surface area (TPSA) is 36.4 Å². The van der Waals surface area contributed by atoms with E-state index in [1.54, 1.807) is 11.8 Å². The van der Waals surface area contributed by atoms with E-state index in [0.717, 1.165) is 37.7 Å². The zero-order chi connectivity index (χ0) is 15.2. The molecule has 0 spiro atoms. The first kappa shape index (κ1) is 14.2. The van der Waals surface area contributed by atoms with Crippen molar-refractivity contribution in [2.75, 3.05) is 18.0 Å². The molecular formula is C14H16F3N3O. The molecule has 0 aliphatic carbocycles. The van der Waals surface area contributed by atoms with E-state index in [-0.39, 0.29) is 17.8 Å². The zero-order valence-corrected chi connectivity index (χ0v) is 11.6. The van der Waals surface area contributed by atoms with Crippen LogP contribution in [0, 0.1) is 0 Å². The predicted octanol–water partition coefficient (Wildman–Crippen LogP) is 2.30. The van der Waals surface area contributed by atoms with E-state index >= 15 is 0 Å². The Bertz CT molecular complexity index is 561. The van der Waals surface area contributed by atoms with Crippen LogP contribution in [-0.2, 0) is 11.0 Å². The summed E-state index contributed by atoms with van der Waals surface area (Å²) in [5.74, 6) is 0.195. The lowest BCUT2D eigenvalue weighted by atomic mass is 10.1. The molecule has 0 N–H and O–H groups in total. The quantitative estimate of drug-likeness (QED) is 0.798. The summed E-state index contributed by atoms with van der Waals surface area (Å²) in [5.41, 5.74) is -0.735. The summed E-state index contributed by atoms with van der Waals surface area (Å²) in [6.45, 7) is 3.01. The molecule has 114 valence electrons. The van der Waals surface area contributed by atoms with Gasteiger partial charge in [-0.2, -0.15) is 13.2 Å². The maximum absolute atomic E-state index is 12.8. The Kier molecular flexibility index (Phi) is 3.30. The molecule has 0 saturated carbocycles. The van der Waals surface area contributed by atoms with Crippen LogP contribution in [0.2, 0.25) is 0 Å². The molecule has 2 saturated heterocycles. The van der Waals surface area contributed by atoms with Crippen LogP contribution in [0.15, 0.2) is 18.3 Å². The van der Waals surface area contributed by atoms with E-state index in [0.29, 0.717) is 6.54 Å². The molecule has 2 aliphatic heterocycles. The minimum Gasteiger partial charge on any atom is -0.343 e. The molecule has 21 heavy (non-hydrogen) atoms. The number of amides is 1. The van der Waals surface area contributed by atoms with Crippen LogP contribution in [0.5, 0.6) is 0 Å². The van der Waals surface area contributed by atoms with Crippen LogP contribution in [0.4, 0.5) is 19.0 Å². The van der Waals surface area contributed by atoms with Gasteiger partial charge in [0.1, 0.15) is 11.9 Å². The summed E-state index contributed by atoms with van der Waals surface area (Å²) in [6, 6.07) is 1.58. The highest BCUT2D eigenvalue weighted by atomic mass is 19.4. The standard InChI is InChI=1S/C14H16F3N3O/c1-9-13(21)19-6-2-3-11(19)8-20(9)12-7-10(4-5-18-12)14(15,16)17/h4-5,7,9,11H,2-3,6,8H2,1H3/t9-,11-/m1/s1. The van der Waals surface area contributed by atoms with Crippen LogP contribution in [0.3, 0.4) is 0 Å². The smallest absolute Gasteiger partial charge is 0.343 e. The van der Waals surface area contributed by atoms with Crippen molar-refractivity contribution in [3.63, 3.8) is 0 Å². The van der Waals surface area contributed by atoms with Crippen molar-refractivity contribution in [2.24, 2.45) is 0 Å². The number of piperazine rings is 1. The highest BCUT2D eigenvalue weighted by Crippen LogP contribution is 2.33. The second-order valence-corrected chi connectivity index (χ2v) is 5.56. The maximum atomic E-state index is 12.8. The Morgan fingerprint density at radius 1 is 1.33 bits per heavy atom. The summed E-state index contributed by atoms with van der Waals surface area (Å²) in [4.78, 5) is 19.9. The fraction of sp³-hybridized carbons (Fsp3) is 0.571. The first-order valence-corrected chi connectivity index (χ1v) is 6.98. The maximum Gasteiger partial charge on any atom is 0.416 e. The highest BCUT2D eigenvalue weighted by molar-refractivity contribution is 5.86. The number of nitrogens with zero attached hydrogens (tertiary/aromatic N) is 3. The van der Waals surface area contributed by atoms with Crippen LogP contribution < -0.4 is 4.90 Å². The van der Waals surface area contributed by atoms with Gasteiger partial charge in [0.2, 0.25) is 5.91 Å².